The van der Waals surface area contributed by atoms with Crippen molar-refractivity contribution < 1.29 is 27.5 Å². The number of carbonyl (C=O) groups excluding carboxylic acids is 2. The van der Waals surface area contributed by atoms with Crippen molar-refractivity contribution in [1.82, 2.24) is 4.90 Å². The number of esters is 1. The second kappa shape index (κ2) is 7.98. The van der Waals surface area contributed by atoms with Crippen LogP contribution in [0, 0.1) is 5.92 Å². The van der Waals surface area contributed by atoms with Crippen LogP contribution in [0.1, 0.15) is 26.2 Å². The second-order valence-corrected chi connectivity index (χ2v) is 9.02. The number of morpholine rings is 1. The minimum atomic E-state index is -4.11. The van der Waals surface area contributed by atoms with E-state index in [-0.39, 0.29) is 23.8 Å². The Hall–Kier alpha value is -1.93. The summed E-state index contributed by atoms with van der Waals surface area (Å²) in [6, 6.07) is 7.86. The lowest BCUT2D eigenvalue weighted by molar-refractivity contribution is -0.153. The zero-order valence-electron chi connectivity index (χ0n) is 15.4. The molecule has 1 aliphatic carbocycles. The van der Waals surface area contributed by atoms with Crippen LogP contribution in [0.5, 0.6) is 0 Å². The summed E-state index contributed by atoms with van der Waals surface area (Å²) in [7, 11) is -4.11. The summed E-state index contributed by atoms with van der Waals surface area (Å²) in [6.45, 7) is 3.32. The van der Waals surface area contributed by atoms with Crippen LogP contribution in [-0.4, -0.2) is 62.9 Å². The highest BCUT2D eigenvalue weighted by molar-refractivity contribution is 7.93. The topological polar surface area (TPSA) is 90.0 Å². The third-order valence-corrected chi connectivity index (χ3v) is 7.89. The van der Waals surface area contributed by atoms with E-state index >= 15 is 0 Å². The molecule has 0 spiro atoms. The van der Waals surface area contributed by atoms with Gasteiger partial charge in [-0.15, -0.1) is 0 Å². The molecule has 1 saturated carbocycles. The van der Waals surface area contributed by atoms with Crippen LogP contribution >= 0.6 is 0 Å². The highest BCUT2D eigenvalue weighted by Gasteiger charge is 2.63. The molecule has 1 aromatic carbocycles. The van der Waals surface area contributed by atoms with Crippen LogP contribution in [0.4, 0.5) is 0 Å². The van der Waals surface area contributed by atoms with E-state index in [1.165, 1.54) is 12.1 Å². The van der Waals surface area contributed by atoms with Crippen LogP contribution in [0.15, 0.2) is 35.2 Å². The zero-order chi connectivity index (χ0) is 19.5. The van der Waals surface area contributed by atoms with Gasteiger partial charge in [-0.2, -0.15) is 0 Å². The maximum atomic E-state index is 13.6. The fourth-order valence-corrected chi connectivity index (χ4v) is 6.26. The van der Waals surface area contributed by atoms with E-state index in [1.807, 2.05) is 0 Å². The number of sulfone groups is 1. The molecule has 1 heterocycles. The fourth-order valence-electron chi connectivity index (χ4n) is 4.04. The van der Waals surface area contributed by atoms with Gasteiger partial charge in [0.05, 0.1) is 30.6 Å². The van der Waals surface area contributed by atoms with Crippen molar-refractivity contribution in [2.45, 2.75) is 35.8 Å². The second-order valence-electron chi connectivity index (χ2n) is 6.81. The van der Waals surface area contributed by atoms with Crippen LogP contribution < -0.4 is 0 Å². The Balaban J connectivity index is 2.07. The lowest BCUT2D eigenvalue weighted by atomic mass is 9.93. The molecular weight excluding hydrogens is 370 g/mol. The third-order valence-electron chi connectivity index (χ3n) is 5.38. The molecule has 7 nitrogen and oxygen atoms in total. The van der Waals surface area contributed by atoms with Gasteiger partial charge in [0.1, 0.15) is 0 Å². The Morgan fingerprint density at radius 3 is 2.52 bits per heavy atom. The van der Waals surface area contributed by atoms with E-state index in [4.69, 9.17) is 9.47 Å². The number of carbonyl (C=O) groups is 2. The van der Waals surface area contributed by atoms with Crippen LogP contribution in [0.2, 0.25) is 0 Å². The number of ether oxygens (including phenoxy) is 2. The molecule has 0 radical (unpaired) electrons. The number of hydrogen-bond donors (Lipinski definition) is 0. The lowest BCUT2D eigenvalue weighted by Crippen LogP contribution is -2.56. The molecule has 148 valence electrons. The minimum absolute atomic E-state index is 0.0414. The van der Waals surface area contributed by atoms with Crippen molar-refractivity contribution >= 4 is 21.7 Å². The predicted octanol–water partition coefficient (Wildman–Crippen LogP) is 1.42. The lowest BCUT2D eigenvalue weighted by Gasteiger charge is -2.36. The van der Waals surface area contributed by atoms with Crippen molar-refractivity contribution in [3.63, 3.8) is 0 Å². The van der Waals surface area contributed by atoms with Crippen molar-refractivity contribution in [3.05, 3.63) is 30.3 Å². The van der Waals surface area contributed by atoms with E-state index < -0.39 is 26.5 Å². The first-order valence-corrected chi connectivity index (χ1v) is 10.8. The normalized spacial score (nSPS) is 26.0. The fraction of sp³-hybridized carbons (Fsp3) is 0.579. The molecule has 1 aromatic rings. The van der Waals surface area contributed by atoms with E-state index in [0.29, 0.717) is 39.1 Å². The molecule has 1 amide bonds. The summed E-state index contributed by atoms with van der Waals surface area (Å²) in [5, 5.41) is 0. The predicted molar refractivity (Wildman–Crippen MR) is 97.7 cm³/mol. The SMILES string of the molecule is CCOC(=O)[C@@]1(S(=O)(=O)c2ccccc2)CCC[C@@H]1C(=O)N1CCOCC1. The van der Waals surface area contributed by atoms with Crippen molar-refractivity contribution in [1.29, 1.82) is 0 Å². The summed E-state index contributed by atoms with van der Waals surface area (Å²) in [4.78, 5) is 27.8. The number of benzene rings is 1. The summed E-state index contributed by atoms with van der Waals surface area (Å²) >= 11 is 0. The van der Waals surface area contributed by atoms with Gasteiger partial charge >= 0.3 is 5.97 Å². The smallest absolute Gasteiger partial charge is 0.328 e. The van der Waals surface area contributed by atoms with Crippen LogP contribution in [-0.2, 0) is 28.9 Å². The Kier molecular flexibility index (Phi) is 5.86. The maximum Gasteiger partial charge on any atom is 0.328 e. The first-order valence-electron chi connectivity index (χ1n) is 9.28. The highest BCUT2D eigenvalue weighted by Crippen LogP contribution is 2.46. The molecule has 2 aliphatic rings. The van der Waals surface area contributed by atoms with Gasteiger partial charge in [0.2, 0.25) is 5.91 Å². The van der Waals surface area contributed by atoms with Crippen LogP contribution in [0.25, 0.3) is 0 Å². The Bertz CT molecular complexity index is 788. The average Bonchev–Trinajstić information content (AvgIpc) is 3.16. The molecule has 27 heavy (non-hydrogen) atoms. The first-order chi connectivity index (χ1) is 12.9. The van der Waals surface area contributed by atoms with E-state index in [2.05, 4.69) is 0 Å². The molecule has 1 saturated heterocycles. The van der Waals surface area contributed by atoms with Gasteiger partial charge in [-0.1, -0.05) is 24.6 Å². The number of rotatable bonds is 5. The van der Waals surface area contributed by atoms with E-state index in [9.17, 15) is 18.0 Å². The number of amides is 1. The number of hydrogen-bond acceptors (Lipinski definition) is 6. The van der Waals surface area contributed by atoms with E-state index in [0.717, 1.165) is 0 Å². The summed E-state index contributed by atoms with van der Waals surface area (Å²) in [6.07, 6.45) is 0.913. The molecule has 3 rings (SSSR count). The van der Waals surface area contributed by atoms with Crippen molar-refractivity contribution in [2.75, 3.05) is 32.9 Å². The Morgan fingerprint density at radius 2 is 1.89 bits per heavy atom. The van der Waals surface area contributed by atoms with Crippen molar-refractivity contribution in [2.24, 2.45) is 5.92 Å². The van der Waals surface area contributed by atoms with Gasteiger partial charge in [-0.3, -0.25) is 9.59 Å². The summed E-state index contributed by atoms with van der Waals surface area (Å²) in [5.74, 6) is -2.07. The highest BCUT2D eigenvalue weighted by atomic mass is 32.2. The Labute approximate surface area is 159 Å². The quantitative estimate of drug-likeness (QED) is 0.701. The number of nitrogens with zero attached hydrogens (tertiary/aromatic N) is 1. The zero-order valence-corrected chi connectivity index (χ0v) is 16.2. The molecule has 0 aromatic heterocycles. The Morgan fingerprint density at radius 1 is 1.22 bits per heavy atom. The summed E-state index contributed by atoms with van der Waals surface area (Å²) < 4.78 is 35.7. The maximum absolute atomic E-state index is 13.6. The van der Waals surface area contributed by atoms with Gasteiger partial charge in [-0.25, -0.2) is 8.42 Å². The first kappa shape index (κ1) is 19.8. The van der Waals surface area contributed by atoms with Crippen LogP contribution in [0.3, 0.4) is 0 Å². The van der Waals surface area contributed by atoms with Gasteiger partial charge < -0.3 is 14.4 Å². The standard InChI is InChI=1S/C19H25NO6S/c1-2-26-18(22)19(27(23,24)15-7-4-3-5-8-15)10-6-9-16(19)17(21)20-11-13-25-14-12-20/h3-5,7-8,16H,2,6,9-14H2,1H3/t16-,19-/m1/s1. The van der Waals surface area contributed by atoms with Gasteiger partial charge in [0, 0.05) is 13.1 Å². The molecule has 0 N–H and O–H groups in total. The molecule has 8 heteroatoms. The molecule has 0 unspecified atom stereocenters. The third kappa shape index (κ3) is 3.36. The average molecular weight is 395 g/mol. The molecule has 2 fully saturated rings. The minimum Gasteiger partial charge on any atom is -0.465 e. The van der Waals surface area contributed by atoms with Gasteiger partial charge in [0.15, 0.2) is 14.6 Å². The molecule has 2 atom stereocenters. The van der Waals surface area contributed by atoms with E-state index in [1.54, 1.807) is 30.0 Å². The molecule has 0 bridgehead atoms. The monoisotopic (exact) mass is 395 g/mol. The largest absolute Gasteiger partial charge is 0.465 e. The van der Waals surface area contributed by atoms with Gasteiger partial charge in [-0.05, 0) is 31.9 Å². The molecule has 1 aliphatic heterocycles. The molecular formula is C19H25NO6S. The summed E-state index contributed by atoms with van der Waals surface area (Å²) in [5.41, 5.74) is 0. The van der Waals surface area contributed by atoms with Gasteiger partial charge in [0.25, 0.3) is 0 Å². The van der Waals surface area contributed by atoms with Crippen molar-refractivity contribution in [3.8, 4) is 0 Å².